The number of hydrogen-bond acceptors (Lipinski definition) is 2. The van der Waals surface area contributed by atoms with E-state index in [1.807, 2.05) is 0 Å². The summed E-state index contributed by atoms with van der Waals surface area (Å²) < 4.78 is 71.1. The van der Waals surface area contributed by atoms with Crippen LogP contribution >= 0.6 is 0 Å². The molecule has 16 heavy (non-hydrogen) atoms. The van der Waals surface area contributed by atoms with Gasteiger partial charge in [-0.05, 0) is 13.3 Å². The van der Waals surface area contributed by atoms with Gasteiger partial charge in [0.1, 0.15) is 0 Å². The predicted octanol–water partition coefficient (Wildman–Crippen LogP) is 2.06. The van der Waals surface area contributed by atoms with E-state index in [1.165, 1.54) is 0 Å². The lowest BCUT2D eigenvalue weighted by atomic mass is 10.2. The Morgan fingerprint density at radius 3 is 2.06 bits per heavy atom. The lowest BCUT2D eigenvalue weighted by Gasteiger charge is -2.19. The second-order valence-electron chi connectivity index (χ2n) is 3.57. The summed E-state index contributed by atoms with van der Waals surface area (Å²) in [4.78, 5) is 0. The van der Waals surface area contributed by atoms with Gasteiger partial charge < -0.3 is 5.73 Å². The Balaban J connectivity index is 4.01. The van der Waals surface area contributed by atoms with Crippen molar-refractivity contribution < 1.29 is 26.2 Å². The van der Waals surface area contributed by atoms with E-state index >= 15 is 0 Å². The summed E-state index contributed by atoms with van der Waals surface area (Å²) in [5.41, 5.74) is 5.33. The molecule has 2 nitrogen and oxygen atoms in total. The van der Waals surface area contributed by atoms with Gasteiger partial charge in [0.2, 0.25) is 0 Å². The molecule has 2 unspecified atom stereocenters. The van der Waals surface area contributed by atoms with Crippen LogP contribution in [0.3, 0.4) is 0 Å². The van der Waals surface area contributed by atoms with Crippen molar-refractivity contribution in [1.82, 2.24) is 0 Å². The van der Waals surface area contributed by atoms with Crippen molar-refractivity contribution in [2.24, 2.45) is 5.73 Å². The molecule has 0 aromatic rings. The van der Waals surface area contributed by atoms with Crippen molar-refractivity contribution in [3.8, 4) is 0 Å². The summed E-state index contributed by atoms with van der Waals surface area (Å²) in [7, 11) is -1.68. The molecule has 2 N–H and O–H groups in total. The SMILES string of the molecule is CC(N)CCS(=O)CCC(F)(F)C(F)(F)F. The Morgan fingerprint density at radius 2 is 1.69 bits per heavy atom. The maximum atomic E-state index is 12.4. The summed E-state index contributed by atoms with van der Waals surface area (Å²) in [6.45, 7) is 1.64. The molecule has 0 aliphatic heterocycles. The Labute approximate surface area is 92.8 Å². The van der Waals surface area contributed by atoms with Gasteiger partial charge in [-0.25, -0.2) is 0 Å². The highest BCUT2D eigenvalue weighted by Crippen LogP contribution is 2.37. The fourth-order valence-corrected chi connectivity index (χ4v) is 2.13. The van der Waals surface area contributed by atoms with E-state index < -0.39 is 35.1 Å². The summed E-state index contributed by atoms with van der Waals surface area (Å²) in [5.74, 6) is -5.39. The van der Waals surface area contributed by atoms with Gasteiger partial charge >= 0.3 is 12.1 Å². The zero-order chi connectivity index (χ0) is 13.0. The van der Waals surface area contributed by atoms with Crippen LogP contribution in [0.5, 0.6) is 0 Å². The third-order valence-corrected chi connectivity index (χ3v) is 3.21. The lowest BCUT2D eigenvalue weighted by molar-refractivity contribution is -0.282. The normalized spacial score (nSPS) is 17.2. The topological polar surface area (TPSA) is 43.1 Å². The first kappa shape index (κ1) is 15.8. The second kappa shape index (κ2) is 5.90. The van der Waals surface area contributed by atoms with Gasteiger partial charge in [0, 0.05) is 34.8 Å². The van der Waals surface area contributed by atoms with E-state index in [9.17, 15) is 26.2 Å². The van der Waals surface area contributed by atoms with Crippen molar-refractivity contribution in [2.45, 2.75) is 37.9 Å². The van der Waals surface area contributed by atoms with E-state index in [0.717, 1.165) is 0 Å². The lowest BCUT2D eigenvalue weighted by Crippen LogP contribution is -2.37. The number of halogens is 5. The van der Waals surface area contributed by atoms with Crippen LogP contribution in [0.2, 0.25) is 0 Å². The first-order valence-corrected chi connectivity index (χ1v) is 6.10. The smallest absolute Gasteiger partial charge is 0.328 e. The van der Waals surface area contributed by atoms with Crippen LogP contribution in [-0.2, 0) is 10.8 Å². The molecule has 0 aliphatic rings. The van der Waals surface area contributed by atoms with Crippen LogP contribution in [0.4, 0.5) is 22.0 Å². The molecule has 0 fully saturated rings. The Morgan fingerprint density at radius 1 is 1.19 bits per heavy atom. The van der Waals surface area contributed by atoms with Crippen molar-refractivity contribution in [1.29, 1.82) is 0 Å². The average Bonchev–Trinajstić information content (AvgIpc) is 2.09. The van der Waals surface area contributed by atoms with Gasteiger partial charge in [-0.3, -0.25) is 4.21 Å². The van der Waals surface area contributed by atoms with Gasteiger partial charge in [-0.1, -0.05) is 0 Å². The maximum Gasteiger partial charge on any atom is 0.453 e. The van der Waals surface area contributed by atoms with Gasteiger partial charge in [-0.2, -0.15) is 22.0 Å². The second-order valence-corrected chi connectivity index (χ2v) is 5.26. The first-order valence-electron chi connectivity index (χ1n) is 4.61. The minimum atomic E-state index is -5.57. The fourth-order valence-electron chi connectivity index (χ4n) is 0.803. The maximum absolute atomic E-state index is 12.4. The molecule has 0 aromatic carbocycles. The largest absolute Gasteiger partial charge is 0.453 e. The van der Waals surface area contributed by atoms with Gasteiger partial charge in [0.05, 0.1) is 0 Å². The van der Waals surface area contributed by atoms with E-state index in [0.29, 0.717) is 6.42 Å². The number of hydrogen-bond donors (Lipinski definition) is 1. The molecule has 0 saturated carbocycles. The molecule has 98 valence electrons. The number of nitrogens with two attached hydrogens (primary N) is 1. The standard InChI is InChI=1S/C8H14F5NOS/c1-6(14)2-4-16(15)5-3-7(9,10)8(11,12)13/h6H,2-5,14H2,1H3. The molecule has 0 radical (unpaired) electrons. The van der Waals surface area contributed by atoms with Gasteiger partial charge in [-0.15, -0.1) is 0 Å². The van der Waals surface area contributed by atoms with Crippen LogP contribution in [0.15, 0.2) is 0 Å². The average molecular weight is 267 g/mol. The summed E-state index contributed by atoms with van der Waals surface area (Å²) in [6.07, 6.45) is -6.68. The molecular weight excluding hydrogens is 253 g/mol. The third-order valence-electron chi connectivity index (χ3n) is 1.86. The molecule has 0 aromatic heterocycles. The van der Waals surface area contributed by atoms with E-state index in [1.54, 1.807) is 6.92 Å². The predicted molar refractivity (Wildman–Crippen MR) is 51.8 cm³/mol. The Bertz CT molecular complexity index is 241. The van der Waals surface area contributed by atoms with E-state index in [4.69, 9.17) is 5.73 Å². The molecular formula is C8H14F5NOS. The quantitative estimate of drug-likeness (QED) is 0.749. The van der Waals surface area contributed by atoms with Crippen molar-refractivity contribution in [2.75, 3.05) is 11.5 Å². The van der Waals surface area contributed by atoms with Gasteiger partial charge in [0.25, 0.3) is 0 Å². The monoisotopic (exact) mass is 267 g/mol. The summed E-state index contributed by atoms with van der Waals surface area (Å²) >= 11 is 0. The van der Waals surface area contributed by atoms with Gasteiger partial charge in [0.15, 0.2) is 0 Å². The fraction of sp³-hybridized carbons (Fsp3) is 1.00. The van der Waals surface area contributed by atoms with Crippen molar-refractivity contribution >= 4 is 10.8 Å². The van der Waals surface area contributed by atoms with Crippen LogP contribution in [0.25, 0.3) is 0 Å². The Hall–Kier alpha value is -0.240. The van der Waals surface area contributed by atoms with Crippen molar-refractivity contribution in [3.05, 3.63) is 0 Å². The molecule has 0 bridgehead atoms. The Kier molecular flexibility index (Phi) is 5.81. The van der Waals surface area contributed by atoms with E-state index in [2.05, 4.69) is 0 Å². The molecule has 8 heteroatoms. The zero-order valence-electron chi connectivity index (χ0n) is 8.69. The minimum Gasteiger partial charge on any atom is -0.328 e. The highest BCUT2D eigenvalue weighted by atomic mass is 32.2. The first-order chi connectivity index (χ1) is 7.06. The van der Waals surface area contributed by atoms with Crippen LogP contribution in [0.1, 0.15) is 19.8 Å². The van der Waals surface area contributed by atoms with Crippen LogP contribution in [0, 0.1) is 0 Å². The summed E-state index contributed by atoms with van der Waals surface area (Å²) in [5, 5.41) is 0. The molecule has 0 rings (SSSR count). The molecule has 0 spiro atoms. The zero-order valence-corrected chi connectivity index (χ0v) is 9.51. The molecule has 0 amide bonds. The molecule has 0 saturated heterocycles. The number of rotatable bonds is 6. The highest BCUT2D eigenvalue weighted by molar-refractivity contribution is 7.84. The molecule has 2 atom stereocenters. The van der Waals surface area contributed by atoms with Crippen molar-refractivity contribution in [3.63, 3.8) is 0 Å². The van der Waals surface area contributed by atoms with Crippen LogP contribution < -0.4 is 5.73 Å². The van der Waals surface area contributed by atoms with E-state index in [-0.39, 0.29) is 11.8 Å². The third kappa shape index (κ3) is 5.74. The minimum absolute atomic E-state index is 0.0472. The molecule has 0 heterocycles. The summed E-state index contributed by atoms with van der Waals surface area (Å²) in [6, 6.07) is -0.243. The van der Waals surface area contributed by atoms with Crippen LogP contribution in [-0.4, -0.2) is 33.9 Å². The highest BCUT2D eigenvalue weighted by Gasteiger charge is 2.56. The number of alkyl halides is 5. The molecule has 0 aliphatic carbocycles.